The summed E-state index contributed by atoms with van der Waals surface area (Å²) in [5.41, 5.74) is -0.641. The molecule has 6 nitrogen and oxygen atoms in total. The van der Waals surface area contributed by atoms with Crippen molar-refractivity contribution >= 4 is 11.6 Å². The van der Waals surface area contributed by atoms with Crippen molar-refractivity contribution in [3.8, 4) is 0 Å². The van der Waals surface area contributed by atoms with Crippen molar-refractivity contribution in [2.24, 2.45) is 0 Å². The summed E-state index contributed by atoms with van der Waals surface area (Å²) in [6.45, 7) is 2.12. The number of ether oxygens (including phenoxy) is 1. The van der Waals surface area contributed by atoms with E-state index in [0.29, 0.717) is 6.61 Å². The fourth-order valence-corrected chi connectivity index (χ4v) is 1.54. The largest absolute Gasteiger partial charge is 0.383 e. The molecule has 0 aliphatic heterocycles. The van der Waals surface area contributed by atoms with E-state index in [-0.39, 0.29) is 11.6 Å². The summed E-state index contributed by atoms with van der Waals surface area (Å²) in [4.78, 5) is 23.2. The SMILES string of the molecule is COCC(C)N(C)C(=O)c1ccc(F)c([N+](=O)[O-])c1. The molecule has 19 heavy (non-hydrogen) atoms. The molecule has 0 bridgehead atoms. The molecule has 1 rings (SSSR count). The maximum atomic E-state index is 13.2. The predicted octanol–water partition coefficient (Wildman–Crippen LogP) is 1.84. The minimum absolute atomic E-state index is 0.0681. The van der Waals surface area contributed by atoms with Gasteiger partial charge in [-0.25, -0.2) is 0 Å². The van der Waals surface area contributed by atoms with Gasteiger partial charge in [0.15, 0.2) is 0 Å². The highest BCUT2D eigenvalue weighted by atomic mass is 19.1. The Bertz CT molecular complexity index is 493. The minimum atomic E-state index is -0.964. The molecule has 1 aromatic carbocycles. The number of hydrogen-bond donors (Lipinski definition) is 0. The monoisotopic (exact) mass is 270 g/mol. The summed E-state index contributed by atoms with van der Waals surface area (Å²) in [6, 6.07) is 2.88. The van der Waals surface area contributed by atoms with E-state index in [2.05, 4.69) is 0 Å². The number of carbonyl (C=O) groups excluding carboxylic acids is 1. The Morgan fingerprint density at radius 1 is 1.58 bits per heavy atom. The maximum Gasteiger partial charge on any atom is 0.305 e. The average molecular weight is 270 g/mol. The van der Waals surface area contributed by atoms with Crippen LogP contribution in [-0.2, 0) is 4.74 Å². The van der Waals surface area contributed by atoms with E-state index in [1.165, 1.54) is 18.1 Å². The smallest absolute Gasteiger partial charge is 0.305 e. The molecule has 104 valence electrons. The van der Waals surface area contributed by atoms with Crippen molar-refractivity contribution < 1.29 is 18.8 Å². The van der Waals surface area contributed by atoms with E-state index >= 15 is 0 Å². The van der Waals surface area contributed by atoms with Crippen LogP contribution in [0.25, 0.3) is 0 Å². The van der Waals surface area contributed by atoms with Crippen LogP contribution in [0, 0.1) is 15.9 Å². The topological polar surface area (TPSA) is 72.7 Å². The van der Waals surface area contributed by atoms with Gasteiger partial charge in [0.2, 0.25) is 5.82 Å². The molecule has 0 aliphatic carbocycles. The molecule has 0 radical (unpaired) electrons. The van der Waals surface area contributed by atoms with E-state index in [0.717, 1.165) is 12.1 Å². The van der Waals surface area contributed by atoms with Crippen LogP contribution < -0.4 is 0 Å². The molecule has 0 N–H and O–H groups in total. The number of amides is 1. The third-order valence-electron chi connectivity index (χ3n) is 2.78. The molecule has 0 aromatic heterocycles. The third kappa shape index (κ3) is 3.47. The van der Waals surface area contributed by atoms with Gasteiger partial charge in [0.1, 0.15) is 0 Å². The molecule has 0 aliphatic rings. The van der Waals surface area contributed by atoms with E-state index < -0.39 is 22.3 Å². The number of hydrogen-bond acceptors (Lipinski definition) is 4. The second-order valence-electron chi connectivity index (χ2n) is 4.14. The van der Waals surface area contributed by atoms with Gasteiger partial charge >= 0.3 is 5.69 Å². The number of rotatable bonds is 5. The van der Waals surface area contributed by atoms with Crippen molar-refractivity contribution in [1.29, 1.82) is 0 Å². The summed E-state index contributed by atoms with van der Waals surface area (Å²) < 4.78 is 18.1. The second-order valence-corrected chi connectivity index (χ2v) is 4.14. The van der Waals surface area contributed by atoms with Gasteiger partial charge in [0.25, 0.3) is 5.91 Å². The summed E-state index contributed by atoms with van der Waals surface area (Å²) >= 11 is 0. The van der Waals surface area contributed by atoms with Crippen molar-refractivity contribution in [1.82, 2.24) is 4.90 Å². The standard InChI is InChI=1S/C12H15FN2O4/c1-8(7-19-3)14(2)12(16)9-4-5-10(13)11(6-9)15(17)18/h4-6,8H,7H2,1-3H3. The molecule has 1 atom stereocenters. The minimum Gasteiger partial charge on any atom is -0.383 e. The zero-order chi connectivity index (χ0) is 14.6. The Hall–Kier alpha value is -2.02. The zero-order valence-corrected chi connectivity index (χ0v) is 10.9. The molecule has 1 amide bonds. The first kappa shape index (κ1) is 15.0. The van der Waals surface area contributed by atoms with E-state index in [1.807, 2.05) is 0 Å². The highest BCUT2D eigenvalue weighted by Crippen LogP contribution is 2.19. The number of nitro groups is 1. The van der Waals surface area contributed by atoms with Gasteiger partial charge in [-0.3, -0.25) is 14.9 Å². The number of carbonyl (C=O) groups is 1. The Balaban J connectivity index is 3.00. The molecule has 1 unspecified atom stereocenters. The Morgan fingerprint density at radius 3 is 2.74 bits per heavy atom. The highest BCUT2D eigenvalue weighted by Gasteiger charge is 2.21. The maximum absolute atomic E-state index is 13.2. The molecular formula is C12H15FN2O4. The lowest BCUT2D eigenvalue weighted by atomic mass is 10.1. The lowest BCUT2D eigenvalue weighted by Gasteiger charge is -2.24. The van der Waals surface area contributed by atoms with Crippen LogP contribution in [0.1, 0.15) is 17.3 Å². The Kier molecular flexibility index (Phi) is 4.94. The summed E-state index contributed by atoms with van der Waals surface area (Å²) in [5, 5.41) is 10.6. The zero-order valence-electron chi connectivity index (χ0n) is 10.9. The molecule has 0 spiro atoms. The van der Waals surface area contributed by atoms with Crippen molar-refractivity contribution in [2.75, 3.05) is 20.8 Å². The van der Waals surface area contributed by atoms with Crippen LogP contribution in [0.3, 0.4) is 0 Å². The summed E-state index contributed by atoms with van der Waals surface area (Å²) in [7, 11) is 3.07. The van der Waals surface area contributed by atoms with Crippen LogP contribution in [-0.4, -0.2) is 42.5 Å². The van der Waals surface area contributed by atoms with Gasteiger partial charge in [-0.2, -0.15) is 4.39 Å². The molecule has 0 saturated heterocycles. The van der Waals surface area contributed by atoms with Gasteiger partial charge < -0.3 is 9.64 Å². The lowest BCUT2D eigenvalue weighted by molar-refractivity contribution is -0.387. The normalized spacial score (nSPS) is 12.0. The van der Waals surface area contributed by atoms with Crippen molar-refractivity contribution in [2.45, 2.75) is 13.0 Å². The quantitative estimate of drug-likeness (QED) is 0.604. The third-order valence-corrected chi connectivity index (χ3v) is 2.78. The van der Waals surface area contributed by atoms with Crippen molar-refractivity contribution in [3.63, 3.8) is 0 Å². The van der Waals surface area contributed by atoms with Crippen LogP contribution in [0.4, 0.5) is 10.1 Å². The summed E-state index contributed by atoms with van der Waals surface area (Å²) in [5.74, 6) is -1.39. The first-order chi connectivity index (χ1) is 8.88. The second kappa shape index (κ2) is 6.24. The van der Waals surface area contributed by atoms with Crippen LogP contribution in [0.5, 0.6) is 0 Å². The first-order valence-electron chi connectivity index (χ1n) is 5.58. The Morgan fingerprint density at radius 2 is 2.21 bits per heavy atom. The number of nitro benzene ring substituents is 1. The van der Waals surface area contributed by atoms with Gasteiger partial charge in [0, 0.05) is 25.8 Å². The number of benzene rings is 1. The van der Waals surface area contributed by atoms with Crippen LogP contribution >= 0.6 is 0 Å². The number of methoxy groups -OCH3 is 1. The van der Waals surface area contributed by atoms with Crippen LogP contribution in [0.15, 0.2) is 18.2 Å². The van der Waals surface area contributed by atoms with E-state index in [1.54, 1.807) is 14.0 Å². The number of halogens is 1. The fraction of sp³-hybridized carbons (Fsp3) is 0.417. The van der Waals surface area contributed by atoms with E-state index in [9.17, 15) is 19.3 Å². The Labute approximate surface area is 109 Å². The van der Waals surface area contributed by atoms with Gasteiger partial charge in [-0.05, 0) is 19.1 Å². The van der Waals surface area contributed by atoms with E-state index in [4.69, 9.17) is 4.74 Å². The summed E-state index contributed by atoms with van der Waals surface area (Å²) in [6.07, 6.45) is 0. The number of nitrogens with zero attached hydrogens (tertiary/aromatic N) is 2. The molecule has 0 heterocycles. The molecule has 0 saturated carbocycles. The molecular weight excluding hydrogens is 255 g/mol. The van der Waals surface area contributed by atoms with Gasteiger partial charge in [-0.1, -0.05) is 0 Å². The average Bonchev–Trinajstić information content (AvgIpc) is 2.37. The first-order valence-corrected chi connectivity index (χ1v) is 5.58. The highest BCUT2D eigenvalue weighted by molar-refractivity contribution is 5.94. The lowest BCUT2D eigenvalue weighted by Crippen LogP contribution is -2.37. The van der Waals surface area contributed by atoms with Gasteiger partial charge in [-0.15, -0.1) is 0 Å². The number of likely N-dealkylation sites (N-methyl/N-ethyl adjacent to an activating group) is 1. The molecule has 1 aromatic rings. The van der Waals surface area contributed by atoms with Crippen LogP contribution in [0.2, 0.25) is 0 Å². The van der Waals surface area contributed by atoms with Crippen molar-refractivity contribution in [3.05, 3.63) is 39.7 Å². The fourth-order valence-electron chi connectivity index (χ4n) is 1.54. The molecule has 0 fully saturated rings. The van der Waals surface area contributed by atoms with Gasteiger partial charge in [0.05, 0.1) is 17.6 Å². The predicted molar refractivity (Wildman–Crippen MR) is 66.5 cm³/mol. The molecule has 7 heteroatoms.